The Morgan fingerprint density at radius 1 is 1.09 bits per heavy atom. The summed E-state index contributed by atoms with van der Waals surface area (Å²) in [5.74, 6) is 0.757. The second kappa shape index (κ2) is 5.57. The van der Waals surface area contributed by atoms with Crippen molar-refractivity contribution in [3.05, 3.63) is 42.1 Å². The predicted octanol–water partition coefficient (Wildman–Crippen LogP) is 4.46. The standard InChI is InChI=1S/C16H15F3N4/c1-9(2)20-14-11-8-12(16(17,18)19)21-15(11)23-13(22-14)10-6-4-3-5-7-10/h3-9H,1-2H3,(H2,20,21,22,23). The van der Waals surface area contributed by atoms with E-state index in [2.05, 4.69) is 20.3 Å². The smallest absolute Gasteiger partial charge is 0.367 e. The SMILES string of the molecule is CC(C)Nc1nc(-c2ccccc2)nc2[nH]c(C(F)(F)F)cc12. The Bertz CT molecular complexity index is 822. The fourth-order valence-electron chi connectivity index (χ4n) is 2.26. The number of hydrogen-bond acceptors (Lipinski definition) is 3. The maximum absolute atomic E-state index is 12.9. The van der Waals surface area contributed by atoms with E-state index >= 15 is 0 Å². The van der Waals surface area contributed by atoms with Crippen molar-refractivity contribution in [3.63, 3.8) is 0 Å². The quantitative estimate of drug-likeness (QED) is 0.749. The van der Waals surface area contributed by atoms with E-state index in [0.29, 0.717) is 17.0 Å². The number of halogens is 3. The van der Waals surface area contributed by atoms with Crippen LogP contribution in [-0.4, -0.2) is 21.0 Å². The van der Waals surface area contributed by atoms with Gasteiger partial charge < -0.3 is 10.3 Å². The van der Waals surface area contributed by atoms with Crippen molar-refractivity contribution >= 4 is 16.9 Å². The lowest BCUT2D eigenvalue weighted by Crippen LogP contribution is -2.12. The van der Waals surface area contributed by atoms with Crippen molar-refractivity contribution in [1.82, 2.24) is 15.0 Å². The topological polar surface area (TPSA) is 53.6 Å². The maximum atomic E-state index is 12.9. The monoisotopic (exact) mass is 320 g/mol. The van der Waals surface area contributed by atoms with Gasteiger partial charge in [0.1, 0.15) is 17.2 Å². The minimum Gasteiger partial charge on any atom is -0.367 e. The lowest BCUT2D eigenvalue weighted by Gasteiger charge is -2.11. The first-order chi connectivity index (χ1) is 10.8. The van der Waals surface area contributed by atoms with Crippen LogP contribution in [0.1, 0.15) is 19.5 Å². The highest BCUT2D eigenvalue weighted by Crippen LogP contribution is 2.33. The van der Waals surface area contributed by atoms with Crippen LogP contribution in [0.5, 0.6) is 0 Å². The van der Waals surface area contributed by atoms with E-state index in [0.717, 1.165) is 11.6 Å². The third-order valence-corrected chi connectivity index (χ3v) is 3.25. The number of aromatic amines is 1. The van der Waals surface area contributed by atoms with Gasteiger partial charge in [-0.1, -0.05) is 30.3 Å². The average molecular weight is 320 g/mol. The van der Waals surface area contributed by atoms with Gasteiger partial charge in [0.25, 0.3) is 0 Å². The van der Waals surface area contributed by atoms with Gasteiger partial charge in [-0.3, -0.25) is 0 Å². The summed E-state index contributed by atoms with van der Waals surface area (Å²) in [5, 5.41) is 3.41. The molecule has 3 aromatic rings. The Morgan fingerprint density at radius 3 is 2.39 bits per heavy atom. The van der Waals surface area contributed by atoms with E-state index in [1.165, 1.54) is 0 Å². The zero-order chi connectivity index (χ0) is 16.6. The van der Waals surface area contributed by atoms with E-state index in [1.54, 1.807) is 0 Å². The van der Waals surface area contributed by atoms with Gasteiger partial charge in [0.2, 0.25) is 0 Å². The minimum atomic E-state index is -4.46. The first-order valence-corrected chi connectivity index (χ1v) is 7.14. The zero-order valence-electron chi connectivity index (χ0n) is 12.6. The Hall–Kier alpha value is -2.57. The third-order valence-electron chi connectivity index (χ3n) is 3.25. The summed E-state index contributed by atoms with van der Waals surface area (Å²) < 4.78 is 38.8. The molecule has 0 aliphatic rings. The summed E-state index contributed by atoms with van der Waals surface area (Å²) in [4.78, 5) is 11.0. The van der Waals surface area contributed by atoms with Gasteiger partial charge in [-0.05, 0) is 19.9 Å². The van der Waals surface area contributed by atoms with Crippen LogP contribution in [-0.2, 0) is 6.18 Å². The summed E-state index contributed by atoms with van der Waals surface area (Å²) in [5.41, 5.74) is 0.0671. The number of fused-ring (bicyclic) bond motifs is 1. The molecule has 3 rings (SSSR count). The van der Waals surface area contributed by atoms with Crippen LogP contribution in [0, 0.1) is 0 Å². The van der Waals surface area contributed by atoms with E-state index < -0.39 is 11.9 Å². The van der Waals surface area contributed by atoms with Crippen molar-refractivity contribution in [2.24, 2.45) is 0 Å². The molecule has 2 heterocycles. The maximum Gasteiger partial charge on any atom is 0.431 e. The predicted molar refractivity (Wildman–Crippen MR) is 83.1 cm³/mol. The molecule has 0 bridgehead atoms. The number of aromatic nitrogens is 3. The molecule has 0 aliphatic carbocycles. The van der Waals surface area contributed by atoms with Crippen LogP contribution in [0.15, 0.2) is 36.4 Å². The van der Waals surface area contributed by atoms with Crippen LogP contribution in [0.4, 0.5) is 19.0 Å². The van der Waals surface area contributed by atoms with Gasteiger partial charge in [0, 0.05) is 11.6 Å². The van der Waals surface area contributed by atoms with Gasteiger partial charge in [-0.25, -0.2) is 9.97 Å². The van der Waals surface area contributed by atoms with E-state index in [1.807, 2.05) is 44.2 Å². The number of hydrogen-bond donors (Lipinski definition) is 2. The number of H-pyrrole nitrogens is 1. The fraction of sp³-hybridized carbons (Fsp3) is 0.250. The highest BCUT2D eigenvalue weighted by atomic mass is 19.4. The Balaban J connectivity index is 2.21. The molecule has 0 amide bonds. The molecule has 0 unspecified atom stereocenters. The summed E-state index contributed by atoms with van der Waals surface area (Å²) in [6.45, 7) is 3.79. The molecule has 0 saturated heterocycles. The summed E-state index contributed by atoms with van der Waals surface area (Å²) in [6, 6.07) is 10.2. The highest BCUT2D eigenvalue weighted by Gasteiger charge is 2.33. The summed E-state index contributed by atoms with van der Waals surface area (Å²) in [6.07, 6.45) is -4.46. The Morgan fingerprint density at radius 2 is 1.78 bits per heavy atom. The first-order valence-electron chi connectivity index (χ1n) is 7.14. The molecular formula is C16H15F3N4. The number of nitrogens with one attached hydrogen (secondary N) is 2. The molecule has 0 radical (unpaired) electrons. The average Bonchev–Trinajstić information content (AvgIpc) is 2.92. The molecule has 0 atom stereocenters. The van der Waals surface area contributed by atoms with Crippen molar-refractivity contribution in [3.8, 4) is 11.4 Å². The van der Waals surface area contributed by atoms with E-state index in [-0.39, 0.29) is 11.7 Å². The molecular weight excluding hydrogens is 305 g/mol. The normalized spacial score (nSPS) is 12.1. The molecule has 0 spiro atoms. The molecule has 2 aromatic heterocycles. The lowest BCUT2D eigenvalue weighted by atomic mass is 10.2. The second-order valence-electron chi connectivity index (χ2n) is 5.50. The second-order valence-corrected chi connectivity index (χ2v) is 5.50. The molecule has 0 fully saturated rings. The number of anilines is 1. The van der Waals surface area contributed by atoms with Crippen LogP contribution in [0.3, 0.4) is 0 Å². The van der Waals surface area contributed by atoms with Crippen LogP contribution in [0.2, 0.25) is 0 Å². The van der Waals surface area contributed by atoms with Gasteiger partial charge >= 0.3 is 6.18 Å². The number of nitrogens with zero attached hydrogens (tertiary/aromatic N) is 2. The Labute approximate surface area is 130 Å². The summed E-state index contributed by atoms with van der Waals surface area (Å²) in [7, 11) is 0. The third kappa shape index (κ3) is 3.13. The molecule has 0 saturated carbocycles. The van der Waals surface area contributed by atoms with Gasteiger partial charge in [-0.15, -0.1) is 0 Å². The Kier molecular flexibility index (Phi) is 3.71. The van der Waals surface area contributed by atoms with Gasteiger partial charge in [0.05, 0.1) is 5.39 Å². The fourth-order valence-corrected chi connectivity index (χ4v) is 2.26. The molecule has 7 heteroatoms. The van der Waals surface area contributed by atoms with Crippen molar-refractivity contribution in [2.75, 3.05) is 5.32 Å². The molecule has 1 aromatic carbocycles. The molecule has 2 N–H and O–H groups in total. The van der Waals surface area contributed by atoms with Crippen molar-refractivity contribution in [1.29, 1.82) is 0 Å². The van der Waals surface area contributed by atoms with Crippen LogP contribution >= 0.6 is 0 Å². The number of benzene rings is 1. The summed E-state index contributed by atoms with van der Waals surface area (Å²) >= 11 is 0. The van der Waals surface area contributed by atoms with E-state index in [4.69, 9.17) is 0 Å². The zero-order valence-corrected chi connectivity index (χ0v) is 12.6. The molecule has 120 valence electrons. The highest BCUT2D eigenvalue weighted by molar-refractivity contribution is 5.89. The number of alkyl halides is 3. The number of rotatable bonds is 3. The molecule has 0 aliphatic heterocycles. The molecule has 23 heavy (non-hydrogen) atoms. The van der Waals surface area contributed by atoms with Crippen molar-refractivity contribution in [2.45, 2.75) is 26.1 Å². The first kappa shape index (κ1) is 15.3. The van der Waals surface area contributed by atoms with Crippen LogP contribution < -0.4 is 5.32 Å². The largest absolute Gasteiger partial charge is 0.431 e. The lowest BCUT2D eigenvalue weighted by molar-refractivity contribution is -0.140. The van der Waals surface area contributed by atoms with E-state index in [9.17, 15) is 13.2 Å². The van der Waals surface area contributed by atoms with Crippen LogP contribution in [0.25, 0.3) is 22.4 Å². The van der Waals surface area contributed by atoms with Gasteiger partial charge in [-0.2, -0.15) is 13.2 Å². The minimum absolute atomic E-state index is 0.0287. The van der Waals surface area contributed by atoms with Gasteiger partial charge in [0.15, 0.2) is 5.82 Å². The molecule has 4 nitrogen and oxygen atoms in total. The van der Waals surface area contributed by atoms with Crippen molar-refractivity contribution < 1.29 is 13.2 Å².